The SMILES string of the molecule is CC(C(=O)Nc1ccc(Oc2ccc(F)cc2)nc1)N1C(=O)NC2(CCCC2)C1=O. The van der Waals surface area contributed by atoms with E-state index in [1.165, 1.54) is 37.4 Å². The predicted molar refractivity (Wildman–Crippen MR) is 105 cm³/mol. The number of pyridine rings is 1. The quantitative estimate of drug-likeness (QED) is 0.735. The number of imide groups is 1. The second-order valence-electron chi connectivity index (χ2n) is 7.50. The molecule has 1 spiro atoms. The van der Waals surface area contributed by atoms with Gasteiger partial charge in [0.1, 0.15) is 23.1 Å². The van der Waals surface area contributed by atoms with Crippen LogP contribution in [0.4, 0.5) is 14.9 Å². The summed E-state index contributed by atoms with van der Waals surface area (Å²) in [6.07, 6.45) is 4.34. The Morgan fingerprint density at radius 3 is 2.53 bits per heavy atom. The van der Waals surface area contributed by atoms with Crippen molar-refractivity contribution < 1.29 is 23.5 Å². The fraction of sp³-hybridized carbons (Fsp3) is 0.333. The van der Waals surface area contributed by atoms with Crippen LogP contribution in [0.5, 0.6) is 11.6 Å². The molecular formula is C21H21FN4O4. The maximum absolute atomic E-state index is 13.0. The molecule has 30 heavy (non-hydrogen) atoms. The number of anilines is 1. The smallest absolute Gasteiger partial charge is 0.325 e. The number of hydrogen-bond donors (Lipinski definition) is 2. The van der Waals surface area contributed by atoms with Crippen molar-refractivity contribution in [2.45, 2.75) is 44.2 Å². The first kappa shape index (κ1) is 19.8. The standard InChI is InChI=1S/C21H21FN4O4/c1-13(26-19(28)21(25-20(26)29)10-2-3-11-21)18(27)24-15-6-9-17(23-12-15)30-16-7-4-14(22)5-8-16/h4-9,12-13H,2-3,10-11H2,1H3,(H,24,27)(H,25,29). The molecule has 8 nitrogen and oxygen atoms in total. The highest BCUT2D eigenvalue weighted by Crippen LogP contribution is 2.35. The molecule has 2 N–H and O–H groups in total. The van der Waals surface area contributed by atoms with Gasteiger partial charge in [0.15, 0.2) is 0 Å². The molecule has 0 bridgehead atoms. The number of halogens is 1. The molecule has 1 aliphatic heterocycles. The maximum atomic E-state index is 13.0. The second kappa shape index (κ2) is 7.74. The van der Waals surface area contributed by atoms with Gasteiger partial charge in [0.2, 0.25) is 11.8 Å². The van der Waals surface area contributed by atoms with E-state index in [4.69, 9.17) is 4.74 Å². The van der Waals surface area contributed by atoms with Crippen LogP contribution in [0.1, 0.15) is 32.6 Å². The summed E-state index contributed by atoms with van der Waals surface area (Å²) >= 11 is 0. The number of aromatic nitrogens is 1. The fourth-order valence-electron chi connectivity index (χ4n) is 3.81. The van der Waals surface area contributed by atoms with Gasteiger partial charge in [-0.15, -0.1) is 0 Å². The number of ether oxygens (including phenoxy) is 1. The van der Waals surface area contributed by atoms with Gasteiger partial charge in [-0.2, -0.15) is 0 Å². The first-order valence-corrected chi connectivity index (χ1v) is 9.74. The lowest BCUT2D eigenvalue weighted by Crippen LogP contribution is -2.48. The van der Waals surface area contributed by atoms with Crippen LogP contribution in [0.25, 0.3) is 0 Å². The minimum atomic E-state index is -0.965. The van der Waals surface area contributed by atoms with Crippen molar-refractivity contribution in [3.63, 3.8) is 0 Å². The van der Waals surface area contributed by atoms with Crippen LogP contribution in [-0.4, -0.2) is 39.3 Å². The average molecular weight is 412 g/mol. The number of hydrogen-bond acceptors (Lipinski definition) is 5. The number of benzene rings is 1. The normalized spacial score (nSPS) is 18.4. The summed E-state index contributed by atoms with van der Waals surface area (Å²) in [5.41, 5.74) is -0.465. The summed E-state index contributed by atoms with van der Waals surface area (Å²) < 4.78 is 18.5. The van der Waals surface area contributed by atoms with Gasteiger partial charge in [0, 0.05) is 6.07 Å². The molecular weight excluding hydrogens is 391 g/mol. The Kier molecular flexibility index (Phi) is 5.11. The molecule has 2 aromatic rings. The van der Waals surface area contributed by atoms with E-state index in [-0.39, 0.29) is 17.6 Å². The molecule has 2 fully saturated rings. The average Bonchev–Trinajstić information content (AvgIpc) is 3.29. The zero-order valence-electron chi connectivity index (χ0n) is 16.4. The Bertz CT molecular complexity index is 972. The molecule has 2 heterocycles. The van der Waals surface area contributed by atoms with Gasteiger partial charge in [-0.25, -0.2) is 19.1 Å². The fourth-order valence-corrected chi connectivity index (χ4v) is 3.81. The Hall–Kier alpha value is -3.49. The molecule has 1 unspecified atom stereocenters. The van der Waals surface area contributed by atoms with Crippen LogP contribution >= 0.6 is 0 Å². The molecule has 1 saturated heterocycles. The summed E-state index contributed by atoms with van der Waals surface area (Å²) in [5, 5.41) is 5.42. The van der Waals surface area contributed by atoms with Crippen LogP contribution < -0.4 is 15.4 Å². The first-order chi connectivity index (χ1) is 14.4. The monoisotopic (exact) mass is 412 g/mol. The first-order valence-electron chi connectivity index (χ1n) is 9.74. The number of nitrogens with one attached hydrogen (secondary N) is 2. The second-order valence-corrected chi connectivity index (χ2v) is 7.50. The lowest BCUT2D eigenvalue weighted by Gasteiger charge is -2.23. The highest BCUT2D eigenvalue weighted by molar-refractivity contribution is 6.11. The zero-order chi connectivity index (χ0) is 21.3. The Morgan fingerprint density at radius 1 is 1.20 bits per heavy atom. The van der Waals surface area contributed by atoms with E-state index in [0.717, 1.165) is 17.7 Å². The van der Waals surface area contributed by atoms with Crippen molar-refractivity contribution in [2.24, 2.45) is 0 Å². The maximum Gasteiger partial charge on any atom is 0.325 e. The van der Waals surface area contributed by atoms with Crippen molar-refractivity contribution in [2.75, 3.05) is 5.32 Å². The van der Waals surface area contributed by atoms with E-state index in [0.29, 0.717) is 24.3 Å². The summed E-state index contributed by atoms with van der Waals surface area (Å²) in [5.74, 6) is -0.512. The van der Waals surface area contributed by atoms with Crippen molar-refractivity contribution in [3.8, 4) is 11.6 Å². The van der Waals surface area contributed by atoms with Crippen molar-refractivity contribution in [1.29, 1.82) is 0 Å². The highest BCUT2D eigenvalue weighted by Gasteiger charge is 2.54. The van der Waals surface area contributed by atoms with E-state index < -0.39 is 23.5 Å². The number of carbonyl (C=O) groups is 3. The van der Waals surface area contributed by atoms with Gasteiger partial charge in [-0.05, 0) is 50.1 Å². The molecule has 1 atom stereocenters. The highest BCUT2D eigenvalue weighted by atomic mass is 19.1. The number of urea groups is 1. The van der Waals surface area contributed by atoms with Crippen LogP contribution in [0.15, 0.2) is 42.6 Å². The predicted octanol–water partition coefficient (Wildman–Crippen LogP) is 3.20. The third-order valence-electron chi connectivity index (χ3n) is 5.46. The van der Waals surface area contributed by atoms with Crippen molar-refractivity contribution in [3.05, 3.63) is 48.4 Å². The summed E-state index contributed by atoms with van der Waals surface area (Å²) in [6.45, 7) is 1.51. The van der Waals surface area contributed by atoms with E-state index in [1.54, 1.807) is 12.1 Å². The van der Waals surface area contributed by atoms with E-state index >= 15 is 0 Å². The van der Waals surface area contributed by atoms with Crippen LogP contribution in [0, 0.1) is 5.82 Å². The molecule has 9 heteroatoms. The largest absolute Gasteiger partial charge is 0.439 e. The number of rotatable bonds is 5. The number of nitrogens with zero attached hydrogens (tertiary/aromatic N) is 2. The lowest BCUT2D eigenvalue weighted by atomic mass is 9.97. The molecule has 4 rings (SSSR count). The topological polar surface area (TPSA) is 101 Å². The molecule has 156 valence electrons. The van der Waals surface area contributed by atoms with Gasteiger partial charge in [0.05, 0.1) is 11.9 Å². The third-order valence-corrected chi connectivity index (χ3v) is 5.46. The molecule has 1 saturated carbocycles. The van der Waals surface area contributed by atoms with Crippen LogP contribution in [-0.2, 0) is 9.59 Å². The Balaban J connectivity index is 1.39. The van der Waals surface area contributed by atoms with Gasteiger partial charge >= 0.3 is 6.03 Å². The minimum Gasteiger partial charge on any atom is -0.439 e. The minimum absolute atomic E-state index is 0.268. The zero-order valence-corrected chi connectivity index (χ0v) is 16.4. The Morgan fingerprint density at radius 2 is 1.90 bits per heavy atom. The van der Waals surface area contributed by atoms with Crippen LogP contribution in [0.2, 0.25) is 0 Å². The third kappa shape index (κ3) is 3.70. The molecule has 4 amide bonds. The number of carbonyl (C=O) groups excluding carboxylic acids is 3. The molecule has 1 aliphatic carbocycles. The summed E-state index contributed by atoms with van der Waals surface area (Å²) in [4.78, 5) is 42.9. The van der Waals surface area contributed by atoms with Gasteiger partial charge in [-0.3, -0.25) is 9.59 Å². The van der Waals surface area contributed by atoms with Crippen LogP contribution in [0.3, 0.4) is 0 Å². The summed E-state index contributed by atoms with van der Waals surface area (Å²) in [6, 6.07) is 7.13. The number of amides is 4. The van der Waals surface area contributed by atoms with Gasteiger partial charge < -0.3 is 15.4 Å². The van der Waals surface area contributed by atoms with Gasteiger partial charge in [0.25, 0.3) is 5.91 Å². The molecule has 1 aromatic carbocycles. The van der Waals surface area contributed by atoms with E-state index in [1.807, 2.05) is 0 Å². The van der Waals surface area contributed by atoms with Gasteiger partial charge in [-0.1, -0.05) is 12.8 Å². The Labute approximate surface area is 172 Å². The van der Waals surface area contributed by atoms with Crippen molar-refractivity contribution in [1.82, 2.24) is 15.2 Å². The van der Waals surface area contributed by atoms with Crippen molar-refractivity contribution >= 4 is 23.5 Å². The molecule has 0 radical (unpaired) electrons. The summed E-state index contributed by atoms with van der Waals surface area (Å²) in [7, 11) is 0. The van der Waals surface area contributed by atoms with E-state index in [2.05, 4.69) is 15.6 Å². The molecule has 1 aromatic heterocycles. The lowest BCUT2D eigenvalue weighted by molar-refractivity contribution is -0.136. The van der Waals surface area contributed by atoms with E-state index in [9.17, 15) is 18.8 Å². The molecule has 2 aliphatic rings.